The van der Waals surface area contributed by atoms with Crippen molar-refractivity contribution >= 4 is 5.97 Å². The number of carbonyl (C=O) groups excluding carboxylic acids is 1. The van der Waals surface area contributed by atoms with Gasteiger partial charge in [0, 0.05) is 0 Å². The van der Waals surface area contributed by atoms with E-state index in [-0.39, 0.29) is 6.15 Å². The molecule has 0 amide bonds. The third kappa shape index (κ3) is 17.4. The average molecular weight is 440 g/mol. The molecule has 0 aromatic rings. The fourth-order valence-electron chi connectivity index (χ4n) is 5.18. The van der Waals surface area contributed by atoms with Crippen molar-refractivity contribution in [1.82, 2.24) is 6.15 Å². The number of aliphatic carboxylic acids is 1. The largest absolute Gasteiger partial charge is 0.545 e. The molecule has 0 saturated carbocycles. The third-order valence-electron chi connectivity index (χ3n) is 6.70. The Bertz CT molecular complexity index is 414. The fourth-order valence-corrected chi connectivity index (χ4v) is 5.18. The van der Waals surface area contributed by atoms with Gasteiger partial charge in [-0.15, -0.1) is 0 Å². The topological polar surface area (TPSA) is 76.6 Å². The molecular weight excluding hydrogens is 382 g/mol. The van der Waals surface area contributed by atoms with Crippen LogP contribution in [0.15, 0.2) is 11.6 Å². The summed E-state index contributed by atoms with van der Waals surface area (Å²) in [4.78, 5) is 11.3. The van der Waals surface area contributed by atoms with Crippen molar-refractivity contribution in [2.45, 2.75) is 156 Å². The second kappa shape index (κ2) is 22.4. The van der Waals surface area contributed by atoms with E-state index in [4.69, 9.17) is 0 Å². The molecule has 0 spiro atoms. The summed E-state index contributed by atoms with van der Waals surface area (Å²) in [5.74, 6) is -0.956. The van der Waals surface area contributed by atoms with E-state index in [2.05, 4.69) is 27.7 Å². The van der Waals surface area contributed by atoms with Crippen LogP contribution in [0.2, 0.25) is 0 Å². The van der Waals surface area contributed by atoms with Gasteiger partial charge in [-0.25, -0.2) is 0 Å². The Labute approximate surface area is 195 Å². The van der Waals surface area contributed by atoms with E-state index in [9.17, 15) is 9.90 Å². The van der Waals surface area contributed by atoms with Gasteiger partial charge in [-0.05, 0) is 62.4 Å². The number of carbonyl (C=O) groups is 1. The third-order valence-corrected chi connectivity index (χ3v) is 6.70. The van der Waals surface area contributed by atoms with Crippen LogP contribution in [0.3, 0.4) is 0 Å². The second-order valence-electron chi connectivity index (χ2n) is 9.59. The number of rotatable bonds is 22. The predicted octanol–water partition coefficient (Wildman–Crippen LogP) is 8.91. The molecule has 0 aromatic heterocycles. The number of allylic oxidation sites excluding steroid dienone is 1. The van der Waals surface area contributed by atoms with Crippen LogP contribution in [0.25, 0.3) is 0 Å². The highest BCUT2D eigenvalue weighted by Gasteiger charge is 2.26. The standard InChI is InChI=1S/C28H54O2.H3N/c1-5-9-10-11-14-17-20-26(27(29)30)21-18-15-12-13-16-19-25-28(22-6-2,23-7-3)24-8-4;/h21H,5-20,22-25H2,1-4H3,(H,29,30);1H3. The molecule has 31 heavy (non-hydrogen) atoms. The van der Waals surface area contributed by atoms with Crippen LogP contribution in [0.4, 0.5) is 0 Å². The second-order valence-corrected chi connectivity index (χ2v) is 9.59. The minimum Gasteiger partial charge on any atom is -0.545 e. The smallest absolute Gasteiger partial charge is 0.0671 e. The Kier molecular flexibility index (Phi) is 23.3. The van der Waals surface area contributed by atoms with E-state index >= 15 is 0 Å². The van der Waals surface area contributed by atoms with Crippen molar-refractivity contribution in [3.63, 3.8) is 0 Å². The molecule has 3 nitrogen and oxygen atoms in total. The van der Waals surface area contributed by atoms with Crippen LogP contribution >= 0.6 is 0 Å². The van der Waals surface area contributed by atoms with Gasteiger partial charge in [0.05, 0.1) is 5.97 Å². The number of unbranched alkanes of at least 4 members (excludes halogenated alkanes) is 10. The van der Waals surface area contributed by atoms with Crippen molar-refractivity contribution in [3.8, 4) is 0 Å². The van der Waals surface area contributed by atoms with Crippen molar-refractivity contribution in [2.24, 2.45) is 5.41 Å². The molecule has 0 aliphatic heterocycles. The van der Waals surface area contributed by atoms with Gasteiger partial charge in [0.2, 0.25) is 0 Å². The molecule has 0 atom stereocenters. The Hall–Kier alpha value is -0.830. The molecule has 0 rings (SSSR count). The summed E-state index contributed by atoms with van der Waals surface area (Å²) in [6.45, 7) is 9.22. The lowest BCUT2D eigenvalue weighted by Gasteiger charge is -2.34. The first-order valence-corrected chi connectivity index (χ1v) is 13.5. The normalized spacial score (nSPS) is 12.1. The Morgan fingerprint density at radius 1 is 0.645 bits per heavy atom. The fraction of sp³-hybridized carbons (Fsp3) is 0.893. The molecule has 0 bridgehead atoms. The molecule has 0 aliphatic carbocycles. The van der Waals surface area contributed by atoms with E-state index in [0.29, 0.717) is 17.4 Å². The van der Waals surface area contributed by atoms with Crippen LogP contribution in [0.1, 0.15) is 156 Å². The Morgan fingerprint density at radius 3 is 1.65 bits per heavy atom. The maximum Gasteiger partial charge on any atom is 0.0671 e. The quantitative estimate of drug-likeness (QED) is 0.135. The van der Waals surface area contributed by atoms with Gasteiger partial charge in [-0.1, -0.05) is 111 Å². The van der Waals surface area contributed by atoms with Gasteiger partial charge in [0.25, 0.3) is 0 Å². The average Bonchev–Trinajstić information content (AvgIpc) is 2.71. The molecule has 0 unspecified atom stereocenters. The first-order chi connectivity index (χ1) is 14.5. The molecule has 0 saturated heterocycles. The SMILES string of the molecule is CCCCCCCCC(=CCCCCCCCC(CCC)(CCC)CCC)C(=O)[O-].[NH4+]. The van der Waals surface area contributed by atoms with Crippen LogP contribution in [-0.4, -0.2) is 5.97 Å². The van der Waals surface area contributed by atoms with Crippen molar-refractivity contribution in [1.29, 1.82) is 0 Å². The van der Waals surface area contributed by atoms with Gasteiger partial charge >= 0.3 is 0 Å². The van der Waals surface area contributed by atoms with E-state index in [1.54, 1.807) is 0 Å². The molecule has 0 fully saturated rings. The summed E-state index contributed by atoms with van der Waals surface area (Å²) in [5.41, 5.74) is 1.13. The van der Waals surface area contributed by atoms with Gasteiger partial charge < -0.3 is 16.1 Å². The summed E-state index contributed by atoms with van der Waals surface area (Å²) >= 11 is 0. The molecule has 0 radical (unpaired) electrons. The summed E-state index contributed by atoms with van der Waals surface area (Å²) < 4.78 is 0. The van der Waals surface area contributed by atoms with Crippen LogP contribution in [-0.2, 0) is 4.79 Å². The Balaban J connectivity index is 0. The van der Waals surface area contributed by atoms with Gasteiger partial charge in [-0.3, -0.25) is 0 Å². The zero-order valence-corrected chi connectivity index (χ0v) is 22.0. The molecule has 186 valence electrons. The zero-order valence-electron chi connectivity index (χ0n) is 22.0. The first-order valence-electron chi connectivity index (χ1n) is 13.5. The highest BCUT2D eigenvalue weighted by molar-refractivity contribution is 5.84. The molecule has 0 aromatic carbocycles. The van der Waals surface area contributed by atoms with Crippen molar-refractivity contribution in [3.05, 3.63) is 11.6 Å². The van der Waals surface area contributed by atoms with Gasteiger partial charge in [0.1, 0.15) is 0 Å². The molecule has 3 heteroatoms. The minimum atomic E-state index is -0.956. The van der Waals surface area contributed by atoms with Gasteiger partial charge in [-0.2, -0.15) is 0 Å². The minimum absolute atomic E-state index is 0. The van der Waals surface area contributed by atoms with E-state index in [0.717, 1.165) is 25.7 Å². The number of quaternary nitrogens is 1. The van der Waals surface area contributed by atoms with E-state index < -0.39 is 5.97 Å². The molecule has 0 heterocycles. The maximum atomic E-state index is 11.3. The van der Waals surface area contributed by atoms with Crippen LogP contribution < -0.4 is 11.3 Å². The lowest BCUT2D eigenvalue weighted by molar-refractivity contribution is -0.299. The predicted molar refractivity (Wildman–Crippen MR) is 137 cm³/mol. The lowest BCUT2D eigenvalue weighted by Crippen LogP contribution is -2.24. The Morgan fingerprint density at radius 2 is 1.13 bits per heavy atom. The molecule has 0 aliphatic rings. The number of carboxylic acid groups (broad SMARTS) is 1. The lowest BCUT2D eigenvalue weighted by atomic mass is 9.72. The number of carboxylic acids is 1. The van der Waals surface area contributed by atoms with Crippen molar-refractivity contribution in [2.75, 3.05) is 0 Å². The highest BCUT2D eigenvalue weighted by atomic mass is 16.4. The van der Waals surface area contributed by atoms with E-state index in [1.807, 2.05) is 6.08 Å². The number of hydrogen-bond acceptors (Lipinski definition) is 2. The summed E-state index contributed by atoms with van der Waals surface area (Å²) in [6, 6.07) is 0. The maximum absolute atomic E-state index is 11.3. The monoisotopic (exact) mass is 439 g/mol. The zero-order chi connectivity index (χ0) is 22.5. The van der Waals surface area contributed by atoms with Crippen LogP contribution in [0.5, 0.6) is 0 Å². The first kappa shape index (κ1) is 32.4. The molecule has 4 N–H and O–H groups in total. The van der Waals surface area contributed by atoms with Crippen molar-refractivity contribution < 1.29 is 9.90 Å². The van der Waals surface area contributed by atoms with Crippen LogP contribution in [0, 0.1) is 5.41 Å². The summed E-state index contributed by atoms with van der Waals surface area (Å²) in [7, 11) is 0. The van der Waals surface area contributed by atoms with E-state index in [1.165, 1.54) is 96.3 Å². The number of hydrogen-bond donors (Lipinski definition) is 1. The highest BCUT2D eigenvalue weighted by Crippen LogP contribution is 2.40. The van der Waals surface area contributed by atoms with Gasteiger partial charge in [0.15, 0.2) is 0 Å². The summed E-state index contributed by atoms with van der Waals surface area (Å²) in [6.07, 6.45) is 26.5. The molecular formula is C28H57NO2. The summed E-state index contributed by atoms with van der Waals surface area (Å²) in [5, 5.41) is 11.3.